The molecule has 0 aliphatic carbocycles. The van der Waals surface area contributed by atoms with Gasteiger partial charge in [-0.05, 0) is 25.5 Å². The highest BCUT2D eigenvalue weighted by molar-refractivity contribution is 5.71. The zero-order chi connectivity index (χ0) is 16.0. The average Bonchev–Trinajstić information content (AvgIpc) is 2.37. The van der Waals surface area contributed by atoms with Gasteiger partial charge in [-0.2, -0.15) is 13.2 Å². The smallest absolute Gasteiger partial charge is 0.403 e. The van der Waals surface area contributed by atoms with E-state index in [0.717, 1.165) is 6.42 Å². The summed E-state index contributed by atoms with van der Waals surface area (Å²) in [6, 6.07) is 6.42. The van der Waals surface area contributed by atoms with Gasteiger partial charge < -0.3 is 15.2 Å². The average molecular weight is 305 g/mol. The van der Waals surface area contributed by atoms with Crippen molar-refractivity contribution < 1.29 is 27.8 Å². The van der Waals surface area contributed by atoms with Crippen LogP contribution < -0.4 is 10.1 Å². The number of hydrogen-bond acceptors (Lipinski definition) is 3. The highest BCUT2D eigenvalue weighted by Crippen LogP contribution is 2.27. The summed E-state index contributed by atoms with van der Waals surface area (Å²) in [6.07, 6.45) is -4.00. The number of anilines is 1. The molecular formula is C14H18F3NO3. The standard InChI is InChI=1S/C14H18F3NO3/c1-3-9(2)21-11-6-4-5-10(7-11)18-8-12(13(19)20)14(15,16)17/h4-7,9,12,18H,3,8H2,1-2H3,(H,19,20). The number of hydrogen-bond donors (Lipinski definition) is 2. The molecular weight excluding hydrogens is 287 g/mol. The Hall–Kier alpha value is -1.92. The molecule has 0 aliphatic heterocycles. The molecule has 2 N–H and O–H groups in total. The highest BCUT2D eigenvalue weighted by atomic mass is 19.4. The van der Waals surface area contributed by atoms with E-state index < -0.39 is 24.6 Å². The zero-order valence-corrected chi connectivity index (χ0v) is 11.8. The number of aliphatic carboxylic acids is 1. The predicted molar refractivity (Wildman–Crippen MR) is 72.5 cm³/mol. The molecule has 0 bridgehead atoms. The number of alkyl halides is 3. The molecule has 0 saturated heterocycles. The van der Waals surface area contributed by atoms with Gasteiger partial charge in [-0.1, -0.05) is 13.0 Å². The fraction of sp³-hybridized carbons (Fsp3) is 0.500. The summed E-state index contributed by atoms with van der Waals surface area (Å²) < 4.78 is 43.1. The molecule has 0 radical (unpaired) electrons. The molecule has 0 saturated carbocycles. The number of benzene rings is 1. The van der Waals surface area contributed by atoms with Crippen molar-refractivity contribution in [3.63, 3.8) is 0 Å². The second-order valence-electron chi connectivity index (χ2n) is 4.68. The Balaban J connectivity index is 2.70. The Morgan fingerprint density at radius 1 is 1.43 bits per heavy atom. The van der Waals surface area contributed by atoms with Crippen LogP contribution in [0.1, 0.15) is 20.3 Å². The Morgan fingerprint density at radius 2 is 2.10 bits per heavy atom. The summed E-state index contributed by atoms with van der Waals surface area (Å²) >= 11 is 0. The van der Waals surface area contributed by atoms with Crippen LogP contribution >= 0.6 is 0 Å². The molecule has 0 heterocycles. The number of carboxylic acid groups (broad SMARTS) is 1. The Bertz CT molecular complexity index is 477. The molecule has 4 nitrogen and oxygen atoms in total. The first-order chi connectivity index (χ1) is 9.74. The number of carbonyl (C=O) groups is 1. The SMILES string of the molecule is CCC(C)Oc1cccc(NCC(C(=O)O)C(F)(F)F)c1. The van der Waals surface area contributed by atoms with Crippen LogP contribution in [0.2, 0.25) is 0 Å². The third-order valence-electron chi connectivity index (χ3n) is 2.95. The third-order valence-corrected chi connectivity index (χ3v) is 2.95. The largest absolute Gasteiger partial charge is 0.491 e. The van der Waals surface area contributed by atoms with Crippen molar-refractivity contribution in [2.45, 2.75) is 32.5 Å². The summed E-state index contributed by atoms with van der Waals surface area (Å²) in [7, 11) is 0. The number of ether oxygens (including phenoxy) is 1. The highest BCUT2D eigenvalue weighted by Gasteiger charge is 2.44. The molecule has 2 unspecified atom stereocenters. The van der Waals surface area contributed by atoms with Crippen molar-refractivity contribution in [2.75, 3.05) is 11.9 Å². The lowest BCUT2D eigenvalue weighted by molar-refractivity contribution is -0.190. The molecule has 0 fully saturated rings. The van der Waals surface area contributed by atoms with Gasteiger partial charge in [0.15, 0.2) is 5.92 Å². The van der Waals surface area contributed by atoms with Gasteiger partial charge in [0.05, 0.1) is 6.10 Å². The van der Waals surface area contributed by atoms with E-state index in [1.165, 1.54) is 0 Å². The van der Waals surface area contributed by atoms with Crippen LogP contribution in [0.4, 0.5) is 18.9 Å². The van der Waals surface area contributed by atoms with Crippen molar-refractivity contribution in [3.8, 4) is 5.75 Å². The van der Waals surface area contributed by atoms with E-state index in [2.05, 4.69) is 5.32 Å². The number of carboxylic acids is 1. The van der Waals surface area contributed by atoms with Crippen LogP contribution in [-0.4, -0.2) is 29.9 Å². The van der Waals surface area contributed by atoms with Crippen molar-refractivity contribution in [1.82, 2.24) is 0 Å². The lowest BCUT2D eigenvalue weighted by atomic mass is 10.1. The molecule has 0 spiro atoms. The quantitative estimate of drug-likeness (QED) is 0.809. The normalized spacial score (nSPS) is 14.3. The lowest BCUT2D eigenvalue weighted by Gasteiger charge is -2.18. The predicted octanol–water partition coefficient (Wildman–Crippen LogP) is 3.54. The topological polar surface area (TPSA) is 58.6 Å². The first-order valence-corrected chi connectivity index (χ1v) is 6.54. The van der Waals surface area contributed by atoms with Gasteiger partial charge in [0, 0.05) is 18.3 Å². The second kappa shape index (κ2) is 7.19. The minimum absolute atomic E-state index is 0.0119. The van der Waals surface area contributed by atoms with Gasteiger partial charge in [-0.25, -0.2) is 0 Å². The minimum atomic E-state index is -4.79. The summed E-state index contributed by atoms with van der Waals surface area (Å²) in [6.45, 7) is 3.10. The van der Waals surface area contributed by atoms with Crippen molar-refractivity contribution in [1.29, 1.82) is 0 Å². The number of rotatable bonds is 7. The monoisotopic (exact) mass is 305 g/mol. The summed E-state index contributed by atoms with van der Waals surface area (Å²) in [5, 5.41) is 11.1. The molecule has 118 valence electrons. The van der Waals surface area contributed by atoms with E-state index in [4.69, 9.17) is 9.84 Å². The van der Waals surface area contributed by atoms with Crippen molar-refractivity contribution in [3.05, 3.63) is 24.3 Å². The van der Waals surface area contributed by atoms with Gasteiger partial charge in [-0.15, -0.1) is 0 Å². The molecule has 1 aromatic carbocycles. The maximum atomic E-state index is 12.5. The van der Waals surface area contributed by atoms with Gasteiger partial charge >= 0.3 is 12.1 Å². The molecule has 1 rings (SSSR count). The van der Waals surface area contributed by atoms with Crippen molar-refractivity contribution in [2.24, 2.45) is 5.92 Å². The fourth-order valence-electron chi connectivity index (χ4n) is 1.56. The van der Waals surface area contributed by atoms with Crippen LogP contribution in [-0.2, 0) is 4.79 Å². The minimum Gasteiger partial charge on any atom is -0.491 e. The van der Waals surface area contributed by atoms with E-state index in [9.17, 15) is 18.0 Å². The maximum Gasteiger partial charge on any atom is 0.403 e. The van der Waals surface area contributed by atoms with Gasteiger partial charge in [-0.3, -0.25) is 4.79 Å². The van der Waals surface area contributed by atoms with Crippen LogP contribution in [0.15, 0.2) is 24.3 Å². The van der Waals surface area contributed by atoms with Gasteiger partial charge in [0.2, 0.25) is 0 Å². The van der Waals surface area contributed by atoms with Crippen LogP contribution in [0, 0.1) is 5.92 Å². The van der Waals surface area contributed by atoms with Crippen LogP contribution in [0.3, 0.4) is 0 Å². The van der Waals surface area contributed by atoms with E-state index in [-0.39, 0.29) is 6.10 Å². The Labute approximate surface area is 120 Å². The molecule has 2 atom stereocenters. The summed E-state index contributed by atoms with van der Waals surface area (Å²) in [4.78, 5) is 10.6. The van der Waals surface area contributed by atoms with Gasteiger partial charge in [0.1, 0.15) is 5.75 Å². The molecule has 1 aromatic rings. The maximum absolute atomic E-state index is 12.5. The summed E-state index contributed by atoms with van der Waals surface area (Å²) in [5.74, 6) is -3.83. The molecule has 7 heteroatoms. The van der Waals surface area contributed by atoms with Crippen LogP contribution in [0.25, 0.3) is 0 Å². The van der Waals surface area contributed by atoms with E-state index in [0.29, 0.717) is 11.4 Å². The van der Waals surface area contributed by atoms with Crippen molar-refractivity contribution >= 4 is 11.7 Å². The lowest BCUT2D eigenvalue weighted by Crippen LogP contribution is -2.36. The fourth-order valence-corrected chi connectivity index (χ4v) is 1.56. The zero-order valence-electron chi connectivity index (χ0n) is 11.8. The molecule has 0 aliphatic rings. The molecule has 21 heavy (non-hydrogen) atoms. The van der Waals surface area contributed by atoms with Crippen LogP contribution in [0.5, 0.6) is 5.75 Å². The van der Waals surface area contributed by atoms with E-state index in [1.807, 2.05) is 13.8 Å². The second-order valence-corrected chi connectivity index (χ2v) is 4.68. The Kier molecular flexibility index (Phi) is 5.87. The Morgan fingerprint density at radius 3 is 2.62 bits per heavy atom. The molecule has 0 amide bonds. The number of nitrogens with one attached hydrogen (secondary N) is 1. The van der Waals surface area contributed by atoms with Gasteiger partial charge in [0.25, 0.3) is 0 Å². The van der Waals surface area contributed by atoms with E-state index in [1.54, 1.807) is 24.3 Å². The molecule has 0 aromatic heterocycles. The first-order valence-electron chi connectivity index (χ1n) is 6.54. The number of halogens is 3. The summed E-state index contributed by atoms with van der Waals surface area (Å²) in [5.41, 5.74) is 0.381. The first kappa shape index (κ1) is 17.1. The van der Waals surface area contributed by atoms with E-state index >= 15 is 0 Å². The third kappa shape index (κ3) is 5.53.